The maximum Gasteiger partial charge on any atom is 0.224 e. The number of nitrogens with one attached hydrogen (secondary N) is 2. The highest BCUT2D eigenvalue weighted by Gasteiger charge is 2.50. The maximum atomic E-state index is 13.8. The molecule has 1 saturated carbocycles. The zero-order valence-corrected chi connectivity index (χ0v) is 24.4. The fourth-order valence-electron chi connectivity index (χ4n) is 5.78. The molecule has 2 amide bonds. The zero-order valence-electron chi connectivity index (χ0n) is 24.4. The number of carbonyl (C=O) groups is 4. The second kappa shape index (κ2) is 13.7. The van der Waals surface area contributed by atoms with Gasteiger partial charge < -0.3 is 25.2 Å². The number of amides is 2. The van der Waals surface area contributed by atoms with Crippen LogP contribution in [0.15, 0.2) is 35.9 Å². The molecule has 0 radical (unpaired) electrons. The van der Waals surface area contributed by atoms with Gasteiger partial charge in [0.15, 0.2) is 11.6 Å². The summed E-state index contributed by atoms with van der Waals surface area (Å²) in [7, 11) is 1.58. The second-order valence-corrected chi connectivity index (χ2v) is 12.1. The molecule has 4 unspecified atom stereocenters. The Morgan fingerprint density at radius 1 is 1.07 bits per heavy atom. The number of epoxide rings is 1. The molecule has 2 fully saturated rings. The number of allylic oxidation sites excluding steroid dienone is 1. The molecule has 1 aromatic rings. The molecule has 0 bridgehead atoms. The van der Waals surface area contributed by atoms with Crippen LogP contribution in [0.25, 0.3) is 0 Å². The van der Waals surface area contributed by atoms with E-state index in [0.717, 1.165) is 30.4 Å². The Hall–Kier alpha value is -3.04. The van der Waals surface area contributed by atoms with Crippen LogP contribution in [0.1, 0.15) is 77.2 Å². The lowest BCUT2D eigenvalue weighted by Gasteiger charge is -2.26. The van der Waals surface area contributed by atoms with Crippen molar-refractivity contribution in [2.24, 2.45) is 11.8 Å². The fourth-order valence-corrected chi connectivity index (χ4v) is 5.78. The van der Waals surface area contributed by atoms with Crippen LogP contribution >= 0.6 is 0 Å². The summed E-state index contributed by atoms with van der Waals surface area (Å²) < 4.78 is 10.7. The zero-order chi connectivity index (χ0) is 29.6. The lowest BCUT2D eigenvalue weighted by molar-refractivity contribution is -0.135. The smallest absolute Gasteiger partial charge is 0.224 e. The van der Waals surface area contributed by atoms with Gasteiger partial charge in [0.25, 0.3) is 0 Å². The van der Waals surface area contributed by atoms with E-state index in [2.05, 4.69) is 16.7 Å². The van der Waals surface area contributed by atoms with E-state index in [0.29, 0.717) is 50.9 Å². The number of hydrogen-bond donors (Lipinski definition) is 3. The Kier molecular flexibility index (Phi) is 10.4. The van der Waals surface area contributed by atoms with Crippen LogP contribution < -0.4 is 15.4 Å². The van der Waals surface area contributed by atoms with E-state index < -0.39 is 23.6 Å². The summed E-state index contributed by atoms with van der Waals surface area (Å²) in [5.74, 6) is -1.23. The van der Waals surface area contributed by atoms with E-state index in [9.17, 15) is 24.3 Å². The standard InChI is InChI=1S/C32H44N2O7/c1-20(33-30(38)23-10-12-25(35)13-11-23)28(36)18-24(16-22-8-14-26(40-3)15-9-22)31(39)34-27(17-21-6-4-5-7-21)29(37)32(2)19-41-32/h6,8-9,14-15,20,23-25,27,35H,4-5,7,10-13,16-19H2,1-3H3,(H,33,38)(H,34,39). The minimum atomic E-state index is -0.883. The van der Waals surface area contributed by atoms with Gasteiger partial charge in [0.2, 0.25) is 11.8 Å². The number of carbonyl (C=O) groups excluding carboxylic acids is 4. The van der Waals surface area contributed by atoms with Gasteiger partial charge in [-0.05, 0) is 89.3 Å². The molecular weight excluding hydrogens is 524 g/mol. The van der Waals surface area contributed by atoms with Gasteiger partial charge in [-0.1, -0.05) is 23.8 Å². The van der Waals surface area contributed by atoms with Gasteiger partial charge in [0, 0.05) is 18.3 Å². The number of Topliss-reactive ketones (excluding diaryl/α,β-unsaturated/α-hetero) is 2. The molecule has 1 heterocycles. The molecular formula is C32H44N2O7. The summed E-state index contributed by atoms with van der Waals surface area (Å²) in [4.78, 5) is 53.2. The highest BCUT2D eigenvalue weighted by molar-refractivity contribution is 5.98. The van der Waals surface area contributed by atoms with Gasteiger partial charge in [0.1, 0.15) is 11.4 Å². The minimum Gasteiger partial charge on any atom is -0.497 e. The van der Waals surface area contributed by atoms with Gasteiger partial charge in [-0.3, -0.25) is 19.2 Å². The first-order valence-electron chi connectivity index (χ1n) is 14.9. The third-order valence-corrected chi connectivity index (χ3v) is 8.70. The van der Waals surface area contributed by atoms with E-state index >= 15 is 0 Å². The molecule has 0 aromatic heterocycles. The van der Waals surface area contributed by atoms with Crippen molar-refractivity contribution in [3.63, 3.8) is 0 Å². The first-order chi connectivity index (χ1) is 19.6. The summed E-state index contributed by atoms with van der Waals surface area (Å²) in [6.45, 7) is 3.72. The summed E-state index contributed by atoms with van der Waals surface area (Å²) >= 11 is 0. The van der Waals surface area contributed by atoms with Gasteiger partial charge in [0.05, 0.1) is 31.9 Å². The average Bonchev–Trinajstić information content (AvgIpc) is 3.50. The van der Waals surface area contributed by atoms with Crippen LogP contribution in [0.4, 0.5) is 0 Å². The fraction of sp³-hybridized carbons (Fsp3) is 0.625. The molecule has 9 nitrogen and oxygen atoms in total. The van der Waals surface area contributed by atoms with E-state index in [4.69, 9.17) is 9.47 Å². The third kappa shape index (κ3) is 8.49. The normalized spacial score (nSPS) is 25.8. The van der Waals surface area contributed by atoms with Crippen molar-refractivity contribution in [2.75, 3.05) is 13.7 Å². The number of ether oxygens (including phenoxy) is 2. The predicted molar refractivity (Wildman–Crippen MR) is 153 cm³/mol. The largest absolute Gasteiger partial charge is 0.497 e. The molecule has 3 N–H and O–H groups in total. The number of benzene rings is 1. The molecule has 2 aliphatic carbocycles. The van der Waals surface area contributed by atoms with E-state index in [1.807, 2.05) is 12.1 Å². The first-order valence-corrected chi connectivity index (χ1v) is 14.9. The Balaban J connectivity index is 1.46. The Bertz CT molecular complexity index is 1130. The molecule has 4 atom stereocenters. The topological polar surface area (TPSA) is 134 Å². The third-order valence-electron chi connectivity index (χ3n) is 8.70. The number of hydrogen-bond acceptors (Lipinski definition) is 7. The van der Waals surface area contributed by atoms with Crippen molar-refractivity contribution in [1.82, 2.24) is 10.6 Å². The summed E-state index contributed by atoms with van der Waals surface area (Å²) in [5, 5.41) is 15.5. The van der Waals surface area contributed by atoms with Crippen molar-refractivity contribution < 1.29 is 33.8 Å². The Morgan fingerprint density at radius 2 is 1.76 bits per heavy atom. The monoisotopic (exact) mass is 568 g/mol. The number of ketones is 2. The summed E-state index contributed by atoms with van der Waals surface area (Å²) in [5.41, 5.74) is 1.13. The molecule has 3 aliphatic rings. The van der Waals surface area contributed by atoms with Crippen molar-refractivity contribution in [3.05, 3.63) is 41.5 Å². The second-order valence-electron chi connectivity index (χ2n) is 12.1. The molecule has 224 valence electrons. The predicted octanol–water partition coefficient (Wildman–Crippen LogP) is 3.21. The lowest BCUT2D eigenvalue weighted by Crippen LogP contribution is -2.49. The van der Waals surface area contributed by atoms with E-state index in [-0.39, 0.29) is 41.8 Å². The highest BCUT2D eigenvalue weighted by Crippen LogP contribution is 2.32. The minimum absolute atomic E-state index is 0.0833. The van der Waals surface area contributed by atoms with Gasteiger partial charge in [-0.2, -0.15) is 0 Å². The van der Waals surface area contributed by atoms with Crippen molar-refractivity contribution in [2.45, 2.75) is 102 Å². The number of rotatable bonds is 14. The van der Waals surface area contributed by atoms with Crippen LogP contribution in [0.2, 0.25) is 0 Å². The van der Waals surface area contributed by atoms with Crippen LogP contribution in [0.3, 0.4) is 0 Å². The molecule has 0 spiro atoms. The maximum absolute atomic E-state index is 13.8. The van der Waals surface area contributed by atoms with Crippen LogP contribution in [-0.4, -0.2) is 66.0 Å². The van der Waals surface area contributed by atoms with Crippen LogP contribution in [0.5, 0.6) is 5.75 Å². The summed E-state index contributed by atoms with van der Waals surface area (Å²) in [6, 6.07) is 5.83. The molecule has 41 heavy (non-hydrogen) atoms. The molecule has 4 rings (SSSR count). The van der Waals surface area contributed by atoms with Gasteiger partial charge in [-0.15, -0.1) is 0 Å². The number of methoxy groups -OCH3 is 1. The van der Waals surface area contributed by atoms with Crippen molar-refractivity contribution >= 4 is 23.4 Å². The molecule has 1 saturated heterocycles. The average molecular weight is 569 g/mol. The molecule has 9 heteroatoms. The number of aliphatic hydroxyl groups excluding tert-OH is 1. The highest BCUT2D eigenvalue weighted by atomic mass is 16.6. The Labute approximate surface area is 242 Å². The summed E-state index contributed by atoms with van der Waals surface area (Å²) in [6.07, 6.45) is 7.66. The quantitative estimate of drug-likeness (QED) is 0.232. The number of aliphatic hydroxyl groups is 1. The Morgan fingerprint density at radius 3 is 2.34 bits per heavy atom. The lowest BCUT2D eigenvalue weighted by atomic mass is 9.86. The first kappa shape index (κ1) is 30.9. The van der Waals surface area contributed by atoms with Crippen molar-refractivity contribution in [1.29, 1.82) is 0 Å². The van der Waals surface area contributed by atoms with Gasteiger partial charge in [-0.25, -0.2) is 0 Å². The van der Waals surface area contributed by atoms with E-state index in [1.165, 1.54) is 0 Å². The van der Waals surface area contributed by atoms with Gasteiger partial charge >= 0.3 is 0 Å². The van der Waals surface area contributed by atoms with Crippen LogP contribution in [0, 0.1) is 11.8 Å². The SMILES string of the molecule is COc1ccc(CC(CC(=O)C(C)NC(=O)C2CCC(O)CC2)C(=O)NC(CC2=CCCC2)C(=O)C2(C)CO2)cc1. The van der Waals surface area contributed by atoms with Crippen LogP contribution in [-0.2, 0) is 30.3 Å². The molecule has 1 aliphatic heterocycles. The van der Waals surface area contributed by atoms with E-state index in [1.54, 1.807) is 33.1 Å². The molecule has 1 aromatic carbocycles. The van der Waals surface area contributed by atoms with Crippen molar-refractivity contribution in [3.8, 4) is 5.75 Å².